The second-order valence-corrected chi connectivity index (χ2v) is 7.73. The SMILES string of the molecule is CN1CC(NS(=O)(=O)c2cc([N+](=O)[O-])c(N)s2)CCC1=O. The molecule has 1 aromatic rings. The Morgan fingerprint density at radius 1 is 1.57 bits per heavy atom. The number of likely N-dealkylation sites (N-methyl/N-ethyl adjacent to an activating group) is 1. The van der Waals surface area contributed by atoms with Gasteiger partial charge in [-0.15, -0.1) is 0 Å². The van der Waals surface area contributed by atoms with Crippen LogP contribution in [-0.4, -0.2) is 43.8 Å². The topological polar surface area (TPSA) is 136 Å². The van der Waals surface area contributed by atoms with E-state index in [4.69, 9.17) is 5.73 Å². The van der Waals surface area contributed by atoms with Gasteiger partial charge >= 0.3 is 5.69 Å². The molecule has 0 aromatic carbocycles. The molecule has 11 heteroatoms. The molecule has 0 bridgehead atoms. The number of rotatable bonds is 4. The fraction of sp³-hybridized carbons (Fsp3) is 0.500. The Labute approximate surface area is 124 Å². The van der Waals surface area contributed by atoms with E-state index in [1.165, 1.54) is 4.90 Å². The van der Waals surface area contributed by atoms with Crippen LogP contribution in [0.2, 0.25) is 0 Å². The number of piperidine rings is 1. The minimum Gasteiger partial charge on any atom is -0.385 e. The highest BCUT2D eigenvalue weighted by Crippen LogP contribution is 2.34. The molecular weight excluding hydrogens is 320 g/mol. The molecule has 3 N–H and O–H groups in total. The number of nitrogens with two attached hydrogens (primary N) is 1. The number of thiophene rings is 1. The van der Waals surface area contributed by atoms with Crippen LogP contribution in [0, 0.1) is 10.1 Å². The van der Waals surface area contributed by atoms with E-state index in [1.54, 1.807) is 7.05 Å². The van der Waals surface area contributed by atoms with Crippen molar-refractivity contribution in [2.24, 2.45) is 0 Å². The van der Waals surface area contributed by atoms with Gasteiger partial charge < -0.3 is 10.6 Å². The van der Waals surface area contributed by atoms with Crippen LogP contribution in [0.15, 0.2) is 10.3 Å². The molecule has 1 aliphatic heterocycles. The predicted octanol–water partition coefficient (Wildman–Crippen LogP) is 0.138. The van der Waals surface area contributed by atoms with Crippen LogP contribution in [0.3, 0.4) is 0 Å². The number of carbonyl (C=O) groups is 1. The maximum atomic E-state index is 12.2. The number of hydrogen-bond acceptors (Lipinski definition) is 7. The molecule has 9 nitrogen and oxygen atoms in total. The Kier molecular flexibility index (Phi) is 4.16. The first-order valence-electron chi connectivity index (χ1n) is 6.00. The van der Waals surface area contributed by atoms with Gasteiger partial charge in [0.25, 0.3) is 10.0 Å². The Morgan fingerprint density at radius 2 is 2.24 bits per heavy atom. The first kappa shape index (κ1) is 15.7. The summed E-state index contributed by atoms with van der Waals surface area (Å²) in [6, 6.07) is 0.528. The van der Waals surface area contributed by atoms with Gasteiger partial charge in [-0.3, -0.25) is 14.9 Å². The van der Waals surface area contributed by atoms with Crippen LogP contribution in [-0.2, 0) is 14.8 Å². The quantitative estimate of drug-likeness (QED) is 0.593. The van der Waals surface area contributed by atoms with E-state index in [0.717, 1.165) is 6.07 Å². The number of likely N-dealkylation sites (tertiary alicyclic amines) is 1. The Morgan fingerprint density at radius 3 is 2.76 bits per heavy atom. The van der Waals surface area contributed by atoms with E-state index >= 15 is 0 Å². The highest BCUT2D eigenvalue weighted by Gasteiger charge is 2.30. The lowest BCUT2D eigenvalue weighted by molar-refractivity contribution is -0.383. The molecule has 1 fully saturated rings. The van der Waals surface area contributed by atoms with E-state index in [2.05, 4.69) is 4.72 Å². The summed E-state index contributed by atoms with van der Waals surface area (Å²) < 4.78 is 26.6. The summed E-state index contributed by atoms with van der Waals surface area (Å²) in [6.07, 6.45) is 0.655. The van der Waals surface area contributed by atoms with E-state index in [-0.39, 0.29) is 28.1 Å². The first-order valence-corrected chi connectivity index (χ1v) is 8.30. The largest absolute Gasteiger partial charge is 0.385 e. The summed E-state index contributed by atoms with van der Waals surface area (Å²) >= 11 is 0.645. The number of anilines is 1. The number of carbonyl (C=O) groups excluding carboxylic acids is 1. The Bertz CT molecular complexity index is 684. The lowest BCUT2D eigenvalue weighted by Gasteiger charge is -2.29. The van der Waals surface area contributed by atoms with E-state index in [0.29, 0.717) is 17.8 Å². The van der Waals surface area contributed by atoms with Crippen LogP contribution in [0.1, 0.15) is 12.8 Å². The summed E-state index contributed by atoms with van der Waals surface area (Å²) in [5, 5.41) is 10.5. The second-order valence-electron chi connectivity index (χ2n) is 4.70. The number of sulfonamides is 1. The molecule has 0 spiro atoms. The van der Waals surface area contributed by atoms with Crippen LogP contribution < -0.4 is 10.5 Å². The van der Waals surface area contributed by atoms with Crippen LogP contribution in [0.4, 0.5) is 10.7 Å². The van der Waals surface area contributed by atoms with Crippen molar-refractivity contribution >= 4 is 38.0 Å². The molecule has 1 unspecified atom stereocenters. The smallest absolute Gasteiger partial charge is 0.304 e. The Hall–Kier alpha value is -1.72. The molecular formula is C10H14N4O5S2. The lowest BCUT2D eigenvalue weighted by atomic mass is 10.1. The zero-order valence-corrected chi connectivity index (χ0v) is 12.7. The molecule has 116 valence electrons. The van der Waals surface area contributed by atoms with Crippen LogP contribution in [0.25, 0.3) is 0 Å². The summed E-state index contributed by atoms with van der Waals surface area (Å²) in [5.41, 5.74) is 5.02. The number of nitrogens with one attached hydrogen (secondary N) is 1. The standard InChI is InChI=1S/C10H14N4O5S2/c1-13-5-6(2-3-8(13)15)12-21(18,19)9-4-7(14(16)17)10(11)20-9/h4,6,12H,2-3,5,11H2,1H3. The monoisotopic (exact) mass is 334 g/mol. The van der Waals surface area contributed by atoms with Crippen molar-refractivity contribution in [3.63, 3.8) is 0 Å². The minimum atomic E-state index is -3.89. The van der Waals surface area contributed by atoms with Crippen molar-refractivity contribution in [1.29, 1.82) is 0 Å². The van der Waals surface area contributed by atoms with Gasteiger partial charge in [0.05, 0.1) is 4.92 Å². The highest BCUT2D eigenvalue weighted by molar-refractivity contribution is 7.91. The van der Waals surface area contributed by atoms with E-state index in [9.17, 15) is 23.3 Å². The minimum absolute atomic E-state index is 0.0403. The van der Waals surface area contributed by atoms with Gasteiger partial charge in [-0.25, -0.2) is 13.1 Å². The molecule has 1 saturated heterocycles. The molecule has 0 aliphatic carbocycles. The number of nitro groups is 1. The molecule has 0 radical (unpaired) electrons. The molecule has 0 saturated carbocycles. The molecule has 2 rings (SSSR count). The molecule has 1 atom stereocenters. The van der Waals surface area contributed by atoms with Crippen LogP contribution >= 0.6 is 11.3 Å². The van der Waals surface area contributed by atoms with Crippen molar-refractivity contribution in [3.05, 3.63) is 16.2 Å². The molecule has 1 aromatic heterocycles. The van der Waals surface area contributed by atoms with Gasteiger partial charge in [0.1, 0.15) is 4.21 Å². The number of nitrogens with zero attached hydrogens (tertiary/aromatic N) is 2. The third-order valence-electron chi connectivity index (χ3n) is 3.13. The van der Waals surface area contributed by atoms with Gasteiger partial charge in [0.15, 0.2) is 5.00 Å². The average Bonchev–Trinajstić information content (AvgIpc) is 2.77. The molecule has 2 heterocycles. The predicted molar refractivity (Wildman–Crippen MR) is 76.4 cm³/mol. The van der Waals surface area contributed by atoms with Gasteiger partial charge in [0, 0.05) is 32.1 Å². The van der Waals surface area contributed by atoms with Gasteiger partial charge in [-0.1, -0.05) is 11.3 Å². The number of nitrogen functional groups attached to an aromatic ring is 1. The number of amides is 1. The molecule has 1 amide bonds. The van der Waals surface area contributed by atoms with Gasteiger partial charge in [-0.2, -0.15) is 0 Å². The maximum Gasteiger partial charge on any atom is 0.304 e. The summed E-state index contributed by atoms with van der Waals surface area (Å²) in [7, 11) is -2.30. The van der Waals surface area contributed by atoms with Gasteiger partial charge in [0.2, 0.25) is 5.91 Å². The highest BCUT2D eigenvalue weighted by atomic mass is 32.2. The van der Waals surface area contributed by atoms with E-state index in [1.807, 2.05) is 0 Å². The third-order valence-corrected chi connectivity index (χ3v) is 6.08. The maximum absolute atomic E-state index is 12.2. The summed E-state index contributed by atoms with van der Waals surface area (Å²) in [6.45, 7) is 0.265. The summed E-state index contributed by atoms with van der Waals surface area (Å²) in [4.78, 5) is 22.8. The van der Waals surface area contributed by atoms with Crippen molar-refractivity contribution < 1.29 is 18.1 Å². The Balaban J connectivity index is 2.17. The summed E-state index contributed by atoms with van der Waals surface area (Å²) in [5.74, 6) is -0.0403. The first-order chi connectivity index (χ1) is 9.70. The van der Waals surface area contributed by atoms with Crippen molar-refractivity contribution in [2.75, 3.05) is 19.3 Å². The molecule has 21 heavy (non-hydrogen) atoms. The van der Waals surface area contributed by atoms with E-state index < -0.39 is 26.7 Å². The third kappa shape index (κ3) is 3.31. The van der Waals surface area contributed by atoms with Crippen molar-refractivity contribution in [2.45, 2.75) is 23.1 Å². The average molecular weight is 334 g/mol. The second kappa shape index (κ2) is 5.58. The number of hydrogen-bond donors (Lipinski definition) is 2. The zero-order chi connectivity index (χ0) is 15.8. The van der Waals surface area contributed by atoms with Crippen molar-refractivity contribution in [1.82, 2.24) is 9.62 Å². The zero-order valence-electron chi connectivity index (χ0n) is 11.1. The fourth-order valence-electron chi connectivity index (χ4n) is 2.03. The van der Waals surface area contributed by atoms with Crippen molar-refractivity contribution in [3.8, 4) is 0 Å². The van der Waals surface area contributed by atoms with Gasteiger partial charge in [-0.05, 0) is 6.42 Å². The lowest BCUT2D eigenvalue weighted by Crippen LogP contribution is -2.48. The van der Waals surface area contributed by atoms with Crippen LogP contribution in [0.5, 0.6) is 0 Å². The molecule has 1 aliphatic rings. The fourth-order valence-corrected chi connectivity index (χ4v) is 4.53. The normalized spacial score (nSPS) is 19.8.